The van der Waals surface area contributed by atoms with Crippen LogP contribution < -0.4 is 10.1 Å². The maximum atomic E-state index is 6.20. The molecule has 0 spiro atoms. The number of halogens is 2. The Labute approximate surface area is 113 Å². The third-order valence-corrected chi connectivity index (χ3v) is 3.17. The second-order valence-corrected chi connectivity index (χ2v) is 4.68. The molecule has 0 aliphatic heterocycles. The smallest absolute Gasteiger partial charge is 0.139 e. The lowest BCUT2D eigenvalue weighted by molar-refractivity contribution is 0.340. The first-order valence-corrected chi connectivity index (χ1v) is 6.70. The lowest BCUT2D eigenvalue weighted by atomic mass is 10.1. The minimum Gasteiger partial charge on any atom is -0.492 e. The fourth-order valence-corrected chi connectivity index (χ4v) is 2.13. The van der Waals surface area contributed by atoms with Crippen molar-refractivity contribution in [3.63, 3.8) is 0 Å². The monoisotopic (exact) mass is 275 g/mol. The van der Waals surface area contributed by atoms with Crippen molar-refractivity contribution in [1.29, 1.82) is 0 Å². The molecular weight excluding hydrogens is 257 g/mol. The minimum atomic E-state index is 0.595. The van der Waals surface area contributed by atoms with Crippen LogP contribution in [0.25, 0.3) is 0 Å². The molecule has 96 valence electrons. The predicted molar refractivity (Wildman–Crippen MR) is 74.5 cm³/mol. The molecule has 0 amide bonds. The number of hydrogen-bond donors (Lipinski definition) is 1. The van der Waals surface area contributed by atoms with Gasteiger partial charge in [-0.05, 0) is 51.4 Å². The maximum Gasteiger partial charge on any atom is 0.139 e. The molecule has 1 aromatic rings. The van der Waals surface area contributed by atoms with E-state index < -0.39 is 0 Å². The number of nitrogens with one attached hydrogen (secondary N) is 1. The summed E-state index contributed by atoms with van der Waals surface area (Å²) < 4.78 is 5.39. The van der Waals surface area contributed by atoms with Gasteiger partial charge < -0.3 is 10.1 Å². The van der Waals surface area contributed by atoms with Crippen molar-refractivity contribution in [3.8, 4) is 5.75 Å². The molecule has 0 aliphatic rings. The van der Waals surface area contributed by atoms with Crippen LogP contribution in [0.15, 0.2) is 12.1 Å². The van der Waals surface area contributed by atoms with E-state index >= 15 is 0 Å². The Bertz CT molecular complexity index is 356. The molecule has 0 saturated heterocycles. The van der Waals surface area contributed by atoms with E-state index in [9.17, 15) is 0 Å². The molecular formula is C13H19Cl2NO. The summed E-state index contributed by atoms with van der Waals surface area (Å²) in [7, 11) is 1.96. The van der Waals surface area contributed by atoms with Gasteiger partial charge in [0.05, 0.1) is 11.6 Å². The van der Waals surface area contributed by atoms with E-state index in [1.165, 1.54) is 0 Å². The normalized spacial score (nSPS) is 10.6. The van der Waals surface area contributed by atoms with Gasteiger partial charge in [0.25, 0.3) is 0 Å². The summed E-state index contributed by atoms with van der Waals surface area (Å²) in [6.45, 7) is 3.55. The van der Waals surface area contributed by atoms with Gasteiger partial charge in [-0.1, -0.05) is 23.2 Å². The summed E-state index contributed by atoms with van der Waals surface area (Å²) in [5, 5.41) is 4.50. The quantitative estimate of drug-likeness (QED) is 0.762. The molecule has 0 aliphatic carbocycles. The molecule has 1 aromatic carbocycles. The molecule has 0 saturated carbocycles. The number of hydrogen-bond acceptors (Lipinski definition) is 2. The van der Waals surface area contributed by atoms with Crippen LogP contribution in [0.1, 0.15) is 25.3 Å². The molecule has 0 heterocycles. The highest BCUT2D eigenvalue weighted by Gasteiger charge is 2.07. The maximum absolute atomic E-state index is 6.20. The number of unbranched alkanes of at least 4 members (excludes halogenated alkanes) is 1. The molecule has 0 bridgehead atoms. The summed E-state index contributed by atoms with van der Waals surface area (Å²) >= 11 is 12.3. The highest BCUT2D eigenvalue weighted by molar-refractivity contribution is 6.34. The fourth-order valence-electron chi connectivity index (χ4n) is 1.64. The van der Waals surface area contributed by atoms with Crippen molar-refractivity contribution in [1.82, 2.24) is 5.32 Å². The van der Waals surface area contributed by atoms with Gasteiger partial charge in [0.15, 0.2) is 0 Å². The largest absolute Gasteiger partial charge is 0.492 e. The van der Waals surface area contributed by atoms with Crippen molar-refractivity contribution in [2.45, 2.75) is 26.2 Å². The third kappa shape index (κ3) is 4.74. The average molecular weight is 276 g/mol. The molecule has 4 heteroatoms. The first-order valence-electron chi connectivity index (χ1n) is 5.94. The Morgan fingerprint density at radius 3 is 2.59 bits per heavy atom. The van der Waals surface area contributed by atoms with Crippen LogP contribution in [0.5, 0.6) is 5.75 Å². The van der Waals surface area contributed by atoms with Crippen LogP contribution in [0.2, 0.25) is 10.0 Å². The highest BCUT2D eigenvalue weighted by Crippen LogP contribution is 2.31. The van der Waals surface area contributed by atoms with Crippen LogP contribution in [0, 0.1) is 0 Å². The third-order valence-electron chi connectivity index (χ3n) is 2.52. The molecule has 0 fully saturated rings. The molecule has 0 unspecified atom stereocenters. The Balaban J connectivity index is 2.64. The second kappa shape index (κ2) is 7.80. The van der Waals surface area contributed by atoms with Gasteiger partial charge in [-0.25, -0.2) is 0 Å². The molecule has 17 heavy (non-hydrogen) atoms. The number of aryl methyl sites for hydroxylation is 1. The van der Waals surface area contributed by atoms with Crippen LogP contribution in [-0.4, -0.2) is 20.2 Å². The minimum absolute atomic E-state index is 0.595. The summed E-state index contributed by atoms with van der Waals surface area (Å²) in [6, 6.07) is 3.72. The second-order valence-electron chi connectivity index (χ2n) is 3.87. The summed E-state index contributed by atoms with van der Waals surface area (Å²) in [4.78, 5) is 0. The Kier molecular flexibility index (Phi) is 6.71. The van der Waals surface area contributed by atoms with E-state index in [2.05, 4.69) is 5.32 Å². The summed E-state index contributed by atoms with van der Waals surface area (Å²) in [6.07, 6.45) is 3.19. The first kappa shape index (κ1) is 14.6. The van der Waals surface area contributed by atoms with E-state index in [-0.39, 0.29) is 0 Å². The number of rotatable bonds is 7. The molecule has 0 aromatic heterocycles. The van der Waals surface area contributed by atoms with Crippen LogP contribution >= 0.6 is 23.2 Å². The van der Waals surface area contributed by atoms with Crippen LogP contribution in [0.4, 0.5) is 0 Å². The van der Waals surface area contributed by atoms with Gasteiger partial charge in [0.1, 0.15) is 5.75 Å². The van der Waals surface area contributed by atoms with E-state index in [0.717, 1.165) is 36.4 Å². The number of ether oxygens (including phenoxy) is 1. The molecule has 2 nitrogen and oxygen atoms in total. The highest BCUT2D eigenvalue weighted by atomic mass is 35.5. The zero-order valence-electron chi connectivity index (χ0n) is 10.4. The summed E-state index contributed by atoms with van der Waals surface area (Å²) in [5.41, 5.74) is 1.09. The van der Waals surface area contributed by atoms with Crippen LogP contribution in [-0.2, 0) is 6.42 Å². The van der Waals surface area contributed by atoms with Gasteiger partial charge >= 0.3 is 0 Å². The van der Waals surface area contributed by atoms with E-state index in [1.54, 1.807) is 6.07 Å². The van der Waals surface area contributed by atoms with Gasteiger partial charge in [0, 0.05) is 11.1 Å². The van der Waals surface area contributed by atoms with E-state index in [0.29, 0.717) is 17.4 Å². The van der Waals surface area contributed by atoms with E-state index in [1.807, 2.05) is 20.0 Å². The Hall–Kier alpha value is -0.440. The van der Waals surface area contributed by atoms with Gasteiger partial charge in [-0.3, -0.25) is 0 Å². The molecule has 1 N–H and O–H groups in total. The van der Waals surface area contributed by atoms with Gasteiger partial charge in [-0.2, -0.15) is 0 Å². The Morgan fingerprint density at radius 2 is 1.94 bits per heavy atom. The Morgan fingerprint density at radius 1 is 1.18 bits per heavy atom. The number of benzene rings is 1. The average Bonchev–Trinajstić information content (AvgIpc) is 2.30. The zero-order valence-corrected chi connectivity index (χ0v) is 11.9. The van der Waals surface area contributed by atoms with Gasteiger partial charge in [0.2, 0.25) is 0 Å². The molecule has 0 radical (unpaired) electrons. The topological polar surface area (TPSA) is 21.3 Å². The lowest BCUT2D eigenvalue weighted by Crippen LogP contribution is -2.07. The van der Waals surface area contributed by atoms with Crippen molar-refractivity contribution in [3.05, 3.63) is 27.7 Å². The molecule has 1 rings (SSSR count). The van der Waals surface area contributed by atoms with Gasteiger partial charge in [-0.15, -0.1) is 0 Å². The van der Waals surface area contributed by atoms with Crippen molar-refractivity contribution in [2.24, 2.45) is 0 Å². The fraction of sp³-hybridized carbons (Fsp3) is 0.538. The molecule has 0 atom stereocenters. The van der Waals surface area contributed by atoms with Crippen molar-refractivity contribution in [2.75, 3.05) is 20.2 Å². The van der Waals surface area contributed by atoms with Crippen molar-refractivity contribution < 1.29 is 4.74 Å². The van der Waals surface area contributed by atoms with Crippen molar-refractivity contribution >= 4 is 23.2 Å². The first-order chi connectivity index (χ1) is 8.19. The standard InChI is InChI=1S/C13H19Cl2NO/c1-3-17-13-9-11(14)10(8-12(13)15)6-4-5-7-16-2/h8-9,16H,3-7H2,1-2H3. The van der Waals surface area contributed by atoms with Crippen LogP contribution in [0.3, 0.4) is 0 Å². The predicted octanol–water partition coefficient (Wildman–Crippen LogP) is 3.93. The van der Waals surface area contributed by atoms with E-state index in [4.69, 9.17) is 27.9 Å². The summed E-state index contributed by atoms with van der Waals surface area (Å²) in [5.74, 6) is 0.665. The SMILES string of the molecule is CCOc1cc(Cl)c(CCCCNC)cc1Cl. The zero-order chi connectivity index (χ0) is 12.7. The lowest BCUT2D eigenvalue weighted by Gasteiger charge is -2.10.